The number of rotatable bonds is 6. The Hall–Kier alpha value is -1.04. The van der Waals surface area contributed by atoms with Crippen molar-refractivity contribution < 1.29 is 9.53 Å². The third-order valence-corrected chi connectivity index (χ3v) is 3.15. The normalized spacial score (nSPS) is 18.6. The SMILES string of the molecule is Cl.O=C(COCCC1CCCNC1)c1cnccn1. The molecule has 2 heterocycles. The molecule has 0 amide bonds. The second-order valence-corrected chi connectivity index (χ2v) is 4.57. The van der Waals surface area contributed by atoms with E-state index in [4.69, 9.17) is 4.74 Å². The number of aromatic nitrogens is 2. The summed E-state index contributed by atoms with van der Waals surface area (Å²) in [4.78, 5) is 19.5. The lowest BCUT2D eigenvalue weighted by molar-refractivity contribution is 0.0720. The van der Waals surface area contributed by atoms with Gasteiger partial charge in [-0.1, -0.05) is 0 Å². The molecular formula is C13H20ClN3O2. The van der Waals surface area contributed by atoms with Crippen LogP contribution in [0, 0.1) is 5.92 Å². The van der Waals surface area contributed by atoms with E-state index in [1.807, 2.05) is 0 Å². The maximum absolute atomic E-state index is 11.7. The van der Waals surface area contributed by atoms with E-state index in [0.717, 1.165) is 19.5 Å². The van der Waals surface area contributed by atoms with Gasteiger partial charge in [-0.05, 0) is 38.3 Å². The van der Waals surface area contributed by atoms with E-state index < -0.39 is 0 Å². The molecule has 19 heavy (non-hydrogen) atoms. The lowest BCUT2D eigenvalue weighted by Crippen LogP contribution is -2.30. The topological polar surface area (TPSA) is 64.1 Å². The highest BCUT2D eigenvalue weighted by Crippen LogP contribution is 2.13. The Balaban J connectivity index is 0.00000180. The molecule has 0 aliphatic carbocycles. The number of nitrogens with zero attached hydrogens (tertiary/aromatic N) is 2. The fraction of sp³-hybridized carbons (Fsp3) is 0.615. The molecule has 5 nitrogen and oxygen atoms in total. The van der Waals surface area contributed by atoms with Crippen LogP contribution >= 0.6 is 12.4 Å². The molecular weight excluding hydrogens is 266 g/mol. The average molecular weight is 286 g/mol. The molecule has 2 rings (SSSR count). The van der Waals surface area contributed by atoms with Crippen LogP contribution in [0.1, 0.15) is 29.8 Å². The van der Waals surface area contributed by atoms with Crippen LogP contribution in [0.3, 0.4) is 0 Å². The largest absolute Gasteiger partial charge is 0.373 e. The zero-order valence-corrected chi connectivity index (χ0v) is 11.7. The minimum atomic E-state index is -0.107. The maximum atomic E-state index is 11.7. The lowest BCUT2D eigenvalue weighted by atomic mass is 9.97. The number of carbonyl (C=O) groups is 1. The summed E-state index contributed by atoms with van der Waals surface area (Å²) in [5.74, 6) is 0.579. The molecule has 0 aromatic carbocycles. The van der Waals surface area contributed by atoms with Gasteiger partial charge in [0.25, 0.3) is 0 Å². The molecule has 106 valence electrons. The minimum absolute atomic E-state index is 0. The molecule has 1 unspecified atom stereocenters. The summed E-state index contributed by atoms with van der Waals surface area (Å²) in [6.07, 6.45) is 8.05. The van der Waals surface area contributed by atoms with Gasteiger partial charge in [-0.2, -0.15) is 0 Å². The molecule has 0 spiro atoms. The van der Waals surface area contributed by atoms with Crippen molar-refractivity contribution in [2.45, 2.75) is 19.3 Å². The van der Waals surface area contributed by atoms with Crippen molar-refractivity contribution in [3.8, 4) is 0 Å². The first-order chi connectivity index (χ1) is 8.86. The highest BCUT2D eigenvalue weighted by atomic mass is 35.5. The fourth-order valence-electron chi connectivity index (χ4n) is 2.10. The second-order valence-electron chi connectivity index (χ2n) is 4.57. The zero-order valence-electron chi connectivity index (χ0n) is 10.9. The number of nitrogens with one attached hydrogen (secondary N) is 1. The van der Waals surface area contributed by atoms with Gasteiger partial charge in [0.15, 0.2) is 0 Å². The summed E-state index contributed by atoms with van der Waals surface area (Å²) < 4.78 is 5.41. The summed E-state index contributed by atoms with van der Waals surface area (Å²) in [7, 11) is 0. The molecule has 1 aliphatic rings. The van der Waals surface area contributed by atoms with Gasteiger partial charge in [-0.25, -0.2) is 4.98 Å². The van der Waals surface area contributed by atoms with E-state index >= 15 is 0 Å². The first-order valence-corrected chi connectivity index (χ1v) is 6.44. The molecule has 1 atom stereocenters. The van der Waals surface area contributed by atoms with Gasteiger partial charge >= 0.3 is 0 Å². The lowest BCUT2D eigenvalue weighted by Gasteiger charge is -2.22. The van der Waals surface area contributed by atoms with Crippen molar-refractivity contribution in [3.05, 3.63) is 24.3 Å². The van der Waals surface area contributed by atoms with E-state index in [-0.39, 0.29) is 24.8 Å². The smallest absolute Gasteiger partial charge is 0.208 e. The predicted octanol–water partition coefficient (Wildman–Crippen LogP) is 1.49. The first-order valence-electron chi connectivity index (χ1n) is 6.44. The van der Waals surface area contributed by atoms with Gasteiger partial charge in [0.2, 0.25) is 5.78 Å². The number of piperidine rings is 1. The van der Waals surface area contributed by atoms with Crippen LogP contribution in [0.5, 0.6) is 0 Å². The molecule has 1 N–H and O–H groups in total. The molecule has 0 radical (unpaired) electrons. The van der Waals surface area contributed by atoms with Crippen molar-refractivity contribution >= 4 is 18.2 Å². The van der Waals surface area contributed by atoms with Gasteiger partial charge in [0, 0.05) is 19.0 Å². The van der Waals surface area contributed by atoms with Gasteiger partial charge in [0.05, 0.1) is 6.20 Å². The average Bonchev–Trinajstić information content (AvgIpc) is 2.45. The Morgan fingerprint density at radius 1 is 1.47 bits per heavy atom. The minimum Gasteiger partial charge on any atom is -0.373 e. The van der Waals surface area contributed by atoms with Crippen LogP contribution in [0.4, 0.5) is 0 Å². The fourth-order valence-corrected chi connectivity index (χ4v) is 2.10. The van der Waals surface area contributed by atoms with Gasteiger partial charge in [-0.3, -0.25) is 9.78 Å². The Kier molecular flexibility index (Phi) is 7.55. The molecule has 1 aliphatic heterocycles. The van der Waals surface area contributed by atoms with Crippen LogP contribution in [-0.2, 0) is 4.74 Å². The standard InChI is InChI=1S/C13H19N3O2.ClH/c17-13(12-9-15-5-6-16-12)10-18-7-3-11-2-1-4-14-8-11;/h5-6,9,11,14H,1-4,7-8,10H2;1H. The zero-order chi connectivity index (χ0) is 12.6. The van der Waals surface area contributed by atoms with Crippen LogP contribution < -0.4 is 5.32 Å². The predicted molar refractivity (Wildman–Crippen MR) is 74.6 cm³/mol. The number of carbonyl (C=O) groups excluding carboxylic acids is 1. The second kappa shape index (κ2) is 8.96. The third-order valence-electron chi connectivity index (χ3n) is 3.15. The summed E-state index contributed by atoms with van der Waals surface area (Å²) >= 11 is 0. The molecule has 6 heteroatoms. The van der Waals surface area contributed by atoms with E-state index in [1.165, 1.54) is 25.2 Å². The van der Waals surface area contributed by atoms with Crippen molar-refractivity contribution in [3.63, 3.8) is 0 Å². The van der Waals surface area contributed by atoms with Crippen molar-refractivity contribution in [2.75, 3.05) is 26.3 Å². The Bertz CT molecular complexity index is 369. The maximum Gasteiger partial charge on any atom is 0.208 e. The number of ether oxygens (including phenoxy) is 1. The monoisotopic (exact) mass is 285 g/mol. The van der Waals surface area contributed by atoms with Crippen molar-refractivity contribution in [1.29, 1.82) is 0 Å². The number of halogens is 1. The molecule has 1 aromatic rings. The van der Waals surface area contributed by atoms with E-state index in [9.17, 15) is 4.79 Å². The van der Waals surface area contributed by atoms with E-state index in [2.05, 4.69) is 15.3 Å². The Labute approximate surface area is 119 Å². The number of Topliss-reactive ketones (excluding diaryl/α,β-unsaturated/α-hetero) is 1. The highest BCUT2D eigenvalue weighted by molar-refractivity contribution is 5.94. The quantitative estimate of drug-likeness (QED) is 0.634. The van der Waals surface area contributed by atoms with Gasteiger partial charge in [-0.15, -0.1) is 12.4 Å². The first kappa shape index (κ1) is 16.0. The van der Waals surface area contributed by atoms with Crippen LogP contribution in [-0.4, -0.2) is 42.1 Å². The molecule has 1 saturated heterocycles. The summed E-state index contributed by atoms with van der Waals surface area (Å²) in [5, 5.41) is 3.37. The summed E-state index contributed by atoms with van der Waals surface area (Å²) in [6.45, 7) is 2.93. The Morgan fingerprint density at radius 2 is 2.37 bits per heavy atom. The summed E-state index contributed by atoms with van der Waals surface area (Å²) in [5.41, 5.74) is 0.372. The van der Waals surface area contributed by atoms with E-state index in [0.29, 0.717) is 18.2 Å². The molecule has 1 fully saturated rings. The van der Waals surface area contributed by atoms with Crippen LogP contribution in [0.25, 0.3) is 0 Å². The number of hydrogen-bond acceptors (Lipinski definition) is 5. The number of hydrogen-bond donors (Lipinski definition) is 1. The van der Waals surface area contributed by atoms with Crippen LogP contribution in [0.2, 0.25) is 0 Å². The highest BCUT2D eigenvalue weighted by Gasteiger charge is 2.13. The van der Waals surface area contributed by atoms with Gasteiger partial charge in [0.1, 0.15) is 12.3 Å². The number of ketones is 1. The molecule has 0 bridgehead atoms. The Morgan fingerprint density at radius 3 is 3.05 bits per heavy atom. The third kappa shape index (κ3) is 5.63. The van der Waals surface area contributed by atoms with Crippen LogP contribution in [0.15, 0.2) is 18.6 Å². The summed E-state index contributed by atoms with van der Waals surface area (Å²) in [6, 6.07) is 0. The molecule has 0 saturated carbocycles. The van der Waals surface area contributed by atoms with Gasteiger partial charge < -0.3 is 10.1 Å². The van der Waals surface area contributed by atoms with Crippen molar-refractivity contribution in [1.82, 2.24) is 15.3 Å². The van der Waals surface area contributed by atoms with E-state index in [1.54, 1.807) is 6.20 Å². The van der Waals surface area contributed by atoms with Crippen molar-refractivity contribution in [2.24, 2.45) is 5.92 Å². The molecule has 1 aromatic heterocycles.